The smallest absolute Gasteiger partial charge is 0.321 e. The predicted octanol–water partition coefficient (Wildman–Crippen LogP) is 7.22. The lowest BCUT2D eigenvalue weighted by atomic mass is 9.90. The van der Waals surface area contributed by atoms with Gasteiger partial charge >= 0.3 is 11.9 Å². The van der Waals surface area contributed by atoms with Crippen LogP contribution in [0, 0.1) is 38.5 Å². The summed E-state index contributed by atoms with van der Waals surface area (Å²) in [6, 6.07) is 0. The Hall–Kier alpha value is -5.05. The van der Waals surface area contributed by atoms with Gasteiger partial charge in [0.25, 0.3) is 0 Å². The van der Waals surface area contributed by atoms with E-state index in [0.717, 1.165) is 80.7 Å². The largest absolute Gasteiger partial charge is 0.468 e. The van der Waals surface area contributed by atoms with Gasteiger partial charge in [-0.25, -0.2) is 0 Å². The van der Waals surface area contributed by atoms with Crippen LogP contribution in [-0.4, -0.2) is 46.4 Å². The zero-order valence-corrected chi connectivity index (χ0v) is 32.5. The number of Topliss-reactive ketones (excluding diaryl/α,β-unsaturated/α-hetero) is 1. The fourth-order valence-electron chi connectivity index (χ4n) is 8.21. The van der Waals surface area contributed by atoms with Crippen molar-refractivity contribution in [1.82, 2.24) is 20.3 Å². The summed E-state index contributed by atoms with van der Waals surface area (Å²) in [6.07, 6.45) is 15.5. The van der Waals surface area contributed by atoms with E-state index in [1.165, 1.54) is 24.7 Å². The molecular formula is C44H54N4O5. The van der Waals surface area contributed by atoms with Crippen LogP contribution >= 0.6 is 0 Å². The Kier molecular flexibility index (Phi) is 11.0. The highest BCUT2D eigenvalue weighted by atomic mass is 16.5. The molecule has 0 radical (unpaired) electrons. The Balaban J connectivity index is 1.45. The van der Waals surface area contributed by atoms with E-state index in [2.05, 4.69) is 86.6 Å². The lowest BCUT2D eigenvalue weighted by Crippen LogP contribution is -2.25. The van der Waals surface area contributed by atoms with Crippen molar-refractivity contribution < 1.29 is 23.9 Å². The van der Waals surface area contributed by atoms with Crippen LogP contribution in [0.1, 0.15) is 127 Å². The second-order valence-electron chi connectivity index (χ2n) is 15.2. The van der Waals surface area contributed by atoms with Crippen molar-refractivity contribution in [3.63, 3.8) is 0 Å². The van der Waals surface area contributed by atoms with Gasteiger partial charge in [0.2, 0.25) is 0 Å². The van der Waals surface area contributed by atoms with E-state index in [1.54, 1.807) is 0 Å². The number of aromatic amines is 3. The molecule has 0 amide bonds. The first-order chi connectivity index (χ1) is 25.4. The minimum absolute atomic E-state index is 0.185. The van der Waals surface area contributed by atoms with Gasteiger partial charge in [0.1, 0.15) is 12.5 Å². The Morgan fingerprint density at radius 2 is 1.72 bits per heavy atom. The molecular weight excluding hydrogens is 665 g/mol. The van der Waals surface area contributed by atoms with Crippen molar-refractivity contribution in [3.8, 4) is 0 Å². The van der Waals surface area contributed by atoms with Crippen molar-refractivity contribution in [2.75, 3.05) is 13.7 Å². The predicted molar refractivity (Wildman–Crippen MR) is 211 cm³/mol. The van der Waals surface area contributed by atoms with Crippen LogP contribution in [-0.2, 0) is 25.5 Å². The van der Waals surface area contributed by atoms with Gasteiger partial charge in [-0.2, -0.15) is 0 Å². The van der Waals surface area contributed by atoms with E-state index in [-0.39, 0.29) is 30.7 Å². The molecule has 0 aromatic carbocycles. The molecule has 6 rings (SSSR count). The van der Waals surface area contributed by atoms with Gasteiger partial charge in [-0.15, -0.1) is 0 Å². The fraction of sp³-hybridized carbons (Fsp3) is 0.432. The van der Waals surface area contributed by atoms with Gasteiger partial charge in [-0.3, -0.25) is 14.4 Å². The summed E-state index contributed by atoms with van der Waals surface area (Å²) in [5, 5.41) is 5.58. The Bertz CT molecular complexity index is 2200. The molecule has 3 aromatic heterocycles. The van der Waals surface area contributed by atoms with E-state index >= 15 is 0 Å². The molecule has 9 heteroatoms. The summed E-state index contributed by atoms with van der Waals surface area (Å²) >= 11 is 0. The number of fused-ring (bicyclic) bond motifs is 7. The van der Waals surface area contributed by atoms with Crippen LogP contribution in [0.3, 0.4) is 0 Å². The van der Waals surface area contributed by atoms with Crippen LogP contribution < -0.4 is 16.0 Å². The Morgan fingerprint density at radius 1 is 0.981 bits per heavy atom. The van der Waals surface area contributed by atoms with Crippen LogP contribution in [0.4, 0.5) is 0 Å². The van der Waals surface area contributed by atoms with Crippen molar-refractivity contribution in [1.29, 1.82) is 0 Å². The van der Waals surface area contributed by atoms with E-state index in [1.807, 2.05) is 19.1 Å². The third kappa shape index (κ3) is 7.31. The fourth-order valence-corrected chi connectivity index (χ4v) is 8.21. The highest BCUT2D eigenvalue weighted by Gasteiger charge is 2.47. The van der Waals surface area contributed by atoms with E-state index < -0.39 is 11.9 Å². The minimum atomic E-state index is -1.13. The summed E-state index contributed by atoms with van der Waals surface area (Å²) < 4.78 is 10.9. The van der Waals surface area contributed by atoms with Gasteiger partial charge in [-0.1, -0.05) is 45.4 Å². The monoisotopic (exact) mass is 718 g/mol. The lowest BCUT2D eigenvalue weighted by Gasteiger charge is -2.18. The molecule has 8 bridgehead atoms. The summed E-state index contributed by atoms with van der Waals surface area (Å²) in [6.45, 7) is 19.2. The average molecular weight is 719 g/mol. The highest BCUT2D eigenvalue weighted by molar-refractivity contribution is 6.24. The molecule has 1 saturated heterocycles. The summed E-state index contributed by atoms with van der Waals surface area (Å²) in [5.74, 6) is -1.81. The SMILES string of the molecule is C=Cc1c2[nH]c(c1C)/C=C1/C[C@H](CCC(=O)OC/C=C(/C)CCCC(C)C)/C(=C3/c4[nH]c(c(C)c4C(=O)[C@@H]3C(=O)OC)/C=c3\[nH]/c(c(C)c3CC)=C\2)N1. The Morgan fingerprint density at radius 3 is 2.42 bits per heavy atom. The zero-order valence-electron chi connectivity index (χ0n) is 32.5. The van der Waals surface area contributed by atoms with Crippen molar-refractivity contribution in [2.45, 2.75) is 93.4 Å². The Labute approximate surface area is 312 Å². The molecule has 3 aliphatic rings. The molecule has 1 fully saturated rings. The summed E-state index contributed by atoms with van der Waals surface area (Å²) in [4.78, 5) is 51.6. The minimum Gasteiger partial charge on any atom is -0.468 e. The molecule has 53 heavy (non-hydrogen) atoms. The molecule has 2 aliphatic heterocycles. The van der Waals surface area contributed by atoms with Gasteiger partial charge in [0, 0.05) is 68.2 Å². The molecule has 1 aliphatic carbocycles. The number of carbonyl (C=O) groups excluding carboxylic acids is 3. The lowest BCUT2D eigenvalue weighted by molar-refractivity contribution is -0.143. The first-order valence-electron chi connectivity index (χ1n) is 19.0. The molecule has 0 unspecified atom stereocenters. The number of esters is 2. The molecule has 2 atom stereocenters. The van der Waals surface area contributed by atoms with E-state index in [0.29, 0.717) is 35.6 Å². The van der Waals surface area contributed by atoms with Crippen LogP contribution in [0.15, 0.2) is 29.6 Å². The second kappa shape index (κ2) is 15.5. The number of hydrogen-bond acceptors (Lipinski definition) is 6. The first kappa shape index (κ1) is 37.7. The maximum absolute atomic E-state index is 14.2. The highest BCUT2D eigenvalue weighted by Crippen LogP contribution is 2.46. The number of nitrogens with one attached hydrogen (secondary N) is 4. The summed E-state index contributed by atoms with van der Waals surface area (Å²) in [7, 11) is 1.31. The molecule has 0 spiro atoms. The van der Waals surface area contributed by atoms with Crippen molar-refractivity contribution in [2.24, 2.45) is 17.8 Å². The molecule has 4 N–H and O–H groups in total. The maximum Gasteiger partial charge on any atom is 0.321 e. The third-order valence-corrected chi connectivity index (χ3v) is 11.2. The molecule has 3 aromatic rings. The number of aromatic nitrogens is 3. The van der Waals surface area contributed by atoms with Gasteiger partial charge in [-0.05, 0) is 112 Å². The van der Waals surface area contributed by atoms with Gasteiger partial charge in [0.05, 0.1) is 12.8 Å². The second-order valence-corrected chi connectivity index (χ2v) is 15.2. The molecule has 9 nitrogen and oxygen atoms in total. The van der Waals surface area contributed by atoms with Crippen molar-refractivity contribution >= 4 is 47.6 Å². The summed E-state index contributed by atoms with van der Waals surface area (Å²) in [5.41, 5.74) is 12.4. The van der Waals surface area contributed by atoms with Gasteiger partial charge < -0.3 is 29.7 Å². The molecule has 280 valence electrons. The van der Waals surface area contributed by atoms with Crippen molar-refractivity contribution in [3.05, 3.63) is 96.5 Å². The number of ketones is 1. The zero-order chi connectivity index (χ0) is 38.1. The number of H-pyrrole nitrogens is 3. The number of methoxy groups -OCH3 is 1. The molecule has 0 saturated carbocycles. The quantitative estimate of drug-likeness (QED) is 0.0890. The number of carbonyl (C=O) groups is 3. The van der Waals surface area contributed by atoms with Crippen LogP contribution in [0.5, 0.6) is 0 Å². The topological polar surface area (TPSA) is 129 Å². The van der Waals surface area contributed by atoms with Crippen LogP contribution in [0.2, 0.25) is 0 Å². The van der Waals surface area contributed by atoms with E-state index in [9.17, 15) is 14.4 Å². The number of allylic oxidation sites excluding steroid dienone is 3. The number of hydrogen-bond donors (Lipinski definition) is 4. The number of ether oxygens (including phenoxy) is 2. The normalized spacial score (nSPS) is 21.4. The standard InChI is InChI=1S/C44H54N4O5/c1-10-30-25(6)32-20-29-19-28(15-16-37(49)53-18-17-24(5)14-12-13-23(3)4)41(45-29)39-40(44(51)52-9)43(50)38-27(8)34(48-42(38)39)22-36-31(11-2)26(7)33(47-36)21-35(30)46-32/h10,17,20-23,28,40,45-48H,1,11-16,18-19H2,2-9H3/b24-17-,29-20-,33-21-,36-22-,41-39-/t28-,40+/m0/s1. The third-order valence-electron chi connectivity index (χ3n) is 11.2. The average Bonchev–Trinajstić information content (AvgIpc) is 3.88. The molecule has 5 heterocycles. The van der Waals surface area contributed by atoms with E-state index in [4.69, 9.17) is 9.47 Å². The first-order valence-corrected chi connectivity index (χ1v) is 19.0. The maximum atomic E-state index is 14.2. The van der Waals surface area contributed by atoms with Gasteiger partial charge in [0.15, 0.2) is 5.78 Å². The van der Waals surface area contributed by atoms with Crippen LogP contribution in [0.25, 0.3) is 29.9 Å². The number of rotatable bonds is 12.